The van der Waals surface area contributed by atoms with Gasteiger partial charge in [0.25, 0.3) is 0 Å². The third kappa shape index (κ3) is 3.58. The molecule has 19 heavy (non-hydrogen) atoms. The molecule has 0 aliphatic heterocycles. The first-order valence-corrected chi connectivity index (χ1v) is 7.51. The molecule has 98 valence electrons. The summed E-state index contributed by atoms with van der Waals surface area (Å²) in [5.41, 5.74) is 0.880. The summed E-state index contributed by atoms with van der Waals surface area (Å²) < 4.78 is 8.23. The molecular weight excluding hydrogens is 444 g/mol. The number of carbonyl (C=O) groups is 1. The molecule has 1 heterocycles. The second-order valence-electron chi connectivity index (χ2n) is 3.62. The molecule has 0 bridgehead atoms. The van der Waals surface area contributed by atoms with Gasteiger partial charge in [0.2, 0.25) is 0 Å². The molecular formula is C13H7Br3O3. The maximum atomic E-state index is 10.5. The second kappa shape index (κ2) is 6.07. The first kappa shape index (κ1) is 14.6. The van der Waals surface area contributed by atoms with Crippen LogP contribution in [0.1, 0.15) is 5.76 Å². The fourth-order valence-corrected chi connectivity index (χ4v) is 3.23. The highest BCUT2D eigenvalue weighted by molar-refractivity contribution is 9.11. The molecule has 1 aromatic heterocycles. The summed E-state index contributed by atoms with van der Waals surface area (Å²) in [6.45, 7) is 0. The van der Waals surface area contributed by atoms with Crippen LogP contribution < -0.4 is 0 Å². The van der Waals surface area contributed by atoms with Gasteiger partial charge in [-0.2, -0.15) is 0 Å². The van der Waals surface area contributed by atoms with E-state index in [0.717, 1.165) is 25.1 Å². The van der Waals surface area contributed by atoms with Crippen molar-refractivity contribution in [1.82, 2.24) is 0 Å². The zero-order chi connectivity index (χ0) is 14.0. The maximum absolute atomic E-state index is 10.5. The standard InChI is InChI=1S/C13H7Br3O3/c14-7-1-3-9(10(15)5-7)13-11(16)6-8(19-13)2-4-12(17)18/h1-6H,(H,17,18)/b4-2+. The molecule has 6 heteroatoms. The fourth-order valence-electron chi connectivity index (χ4n) is 1.48. The van der Waals surface area contributed by atoms with Crippen LogP contribution in [0.25, 0.3) is 17.4 Å². The van der Waals surface area contributed by atoms with E-state index in [1.807, 2.05) is 18.2 Å². The van der Waals surface area contributed by atoms with Crippen LogP contribution in [0, 0.1) is 0 Å². The van der Waals surface area contributed by atoms with E-state index in [1.54, 1.807) is 6.07 Å². The van der Waals surface area contributed by atoms with Gasteiger partial charge in [-0.1, -0.05) is 15.9 Å². The van der Waals surface area contributed by atoms with Crippen molar-refractivity contribution < 1.29 is 14.3 Å². The summed E-state index contributed by atoms with van der Waals surface area (Å²) in [4.78, 5) is 10.5. The minimum Gasteiger partial charge on any atom is -0.478 e. The number of carboxylic acids is 1. The van der Waals surface area contributed by atoms with Crippen LogP contribution in [0.5, 0.6) is 0 Å². The molecule has 1 aromatic carbocycles. The molecule has 2 aromatic rings. The second-order valence-corrected chi connectivity index (χ2v) is 6.25. The molecule has 0 amide bonds. The minimum atomic E-state index is -1.01. The summed E-state index contributed by atoms with van der Waals surface area (Å²) >= 11 is 10.3. The van der Waals surface area contributed by atoms with E-state index in [9.17, 15) is 4.79 Å². The normalized spacial score (nSPS) is 11.1. The Morgan fingerprint density at radius 1 is 1.16 bits per heavy atom. The Kier molecular flexibility index (Phi) is 4.65. The van der Waals surface area contributed by atoms with Gasteiger partial charge in [0.05, 0.1) is 4.47 Å². The molecule has 0 atom stereocenters. The number of hydrogen-bond acceptors (Lipinski definition) is 2. The Bertz CT molecular complexity index is 659. The van der Waals surface area contributed by atoms with Gasteiger partial charge >= 0.3 is 5.97 Å². The first-order chi connectivity index (χ1) is 8.97. The lowest BCUT2D eigenvalue weighted by Crippen LogP contribution is -1.84. The Hall–Kier alpha value is -0.850. The lowest BCUT2D eigenvalue weighted by Gasteiger charge is -2.02. The van der Waals surface area contributed by atoms with Gasteiger partial charge in [0.15, 0.2) is 0 Å². The molecule has 0 aliphatic rings. The van der Waals surface area contributed by atoms with Crippen LogP contribution >= 0.6 is 47.8 Å². The molecule has 2 rings (SSSR count). The predicted molar refractivity (Wildman–Crippen MR) is 83.9 cm³/mol. The highest BCUT2D eigenvalue weighted by Gasteiger charge is 2.13. The Morgan fingerprint density at radius 3 is 2.53 bits per heavy atom. The molecule has 1 N–H and O–H groups in total. The van der Waals surface area contributed by atoms with E-state index < -0.39 is 5.97 Å². The summed E-state index contributed by atoms with van der Waals surface area (Å²) in [5, 5.41) is 8.59. The van der Waals surface area contributed by atoms with Gasteiger partial charge in [-0.05, 0) is 62.2 Å². The molecule has 0 fully saturated rings. The van der Waals surface area contributed by atoms with Crippen LogP contribution in [0.15, 0.2) is 48.2 Å². The highest BCUT2D eigenvalue weighted by atomic mass is 79.9. The van der Waals surface area contributed by atoms with Crippen LogP contribution in [0.2, 0.25) is 0 Å². The Morgan fingerprint density at radius 2 is 1.89 bits per heavy atom. The summed E-state index contributed by atoms with van der Waals surface area (Å²) in [7, 11) is 0. The summed E-state index contributed by atoms with van der Waals surface area (Å²) in [6.07, 6.45) is 2.44. The SMILES string of the molecule is O=C(O)/C=C/c1cc(Br)c(-c2ccc(Br)cc2Br)o1. The van der Waals surface area contributed by atoms with E-state index in [2.05, 4.69) is 47.8 Å². The quantitative estimate of drug-likeness (QED) is 0.643. The van der Waals surface area contributed by atoms with E-state index in [1.165, 1.54) is 6.08 Å². The number of hydrogen-bond donors (Lipinski definition) is 1. The average molecular weight is 451 g/mol. The van der Waals surface area contributed by atoms with Gasteiger partial charge in [-0.15, -0.1) is 0 Å². The van der Waals surface area contributed by atoms with Crippen LogP contribution in [-0.2, 0) is 4.79 Å². The molecule has 0 aliphatic carbocycles. The zero-order valence-corrected chi connectivity index (χ0v) is 14.1. The number of furan rings is 1. The molecule has 0 saturated carbocycles. The van der Waals surface area contributed by atoms with Crippen molar-refractivity contribution >= 4 is 59.8 Å². The number of halogens is 3. The summed E-state index contributed by atoms with van der Waals surface area (Å²) in [6, 6.07) is 7.45. The lowest BCUT2D eigenvalue weighted by molar-refractivity contribution is -0.131. The van der Waals surface area contributed by atoms with E-state index >= 15 is 0 Å². The molecule has 0 spiro atoms. The third-order valence-corrected chi connectivity index (χ3v) is 4.01. The molecule has 0 unspecified atom stereocenters. The zero-order valence-electron chi connectivity index (χ0n) is 9.36. The number of rotatable bonds is 3. The lowest BCUT2D eigenvalue weighted by atomic mass is 10.2. The number of aliphatic carboxylic acids is 1. The molecule has 0 radical (unpaired) electrons. The highest BCUT2D eigenvalue weighted by Crippen LogP contribution is 2.37. The van der Waals surface area contributed by atoms with Crippen molar-refractivity contribution in [1.29, 1.82) is 0 Å². The Labute approximate surface area is 134 Å². The van der Waals surface area contributed by atoms with Gasteiger partial charge in [-0.25, -0.2) is 4.79 Å². The van der Waals surface area contributed by atoms with Gasteiger partial charge in [0, 0.05) is 20.6 Å². The van der Waals surface area contributed by atoms with E-state index in [4.69, 9.17) is 9.52 Å². The first-order valence-electron chi connectivity index (χ1n) is 5.13. The van der Waals surface area contributed by atoms with Crippen LogP contribution in [0.3, 0.4) is 0 Å². The monoisotopic (exact) mass is 448 g/mol. The van der Waals surface area contributed by atoms with Crippen molar-refractivity contribution in [2.24, 2.45) is 0 Å². The van der Waals surface area contributed by atoms with E-state index in [0.29, 0.717) is 11.5 Å². The minimum absolute atomic E-state index is 0.471. The summed E-state index contributed by atoms with van der Waals surface area (Å²) in [5.74, 6) is 0.0994. The van der Waals surface area contributed by atoms with Crippen molar-refractivity contribution in [2.75, 3.05) is 0 Å². The van der Waals surface area contributed by atoms with Gasteiger partial charge in [0.1, 0.15) is 11.5 Å². The Balaban J connectivity index is 2.43. The largest absolute Gasteiger partial charge is 0.478 e. The van der Waals surface area contributed by atoms with Crippen molar-refractivity contribution in [3.05, 3.63) is 49.5 Å². The predicted octanol–water partition coefficient (Wildman–Crippen LogP) is 5.33. The van der Waals surface area contributed by atoms with Crippen molar-refractivity contribution in [3.63, 3.8) is 0 Å². The molecule has 0 saturated heterocycles. The van der Waals surface area contributed by atoms with Crippen molar-refractivity contribution in [3.8, 4) is 11.3 Å². The number of carboxylic acid groups (broad SMARTS) is 1. The third-order valence-electron chi connectivity index (χ3n) is 2.27. The van der Waals surface area contributed by atoms with Crippen LogP contribution in [0.4, 0.5) is 0 Å². The smallest absolute Gasteiger partial charge is 0.328 e. The van der Waals surface area contributed by atoms with Crippen LogP contribution in [-0.4, -0.2) is 11.1 Å². The topological polar surface area (TPSA) is 50.4 Å². The van der Waals surface area contributed by atoms with E-state index in [-0.39, 0.29) is 0 Å². The number of benzene rings is 1. The van der Waals surface area contributed by atoms with Gasteiger partial charge in [-0.3, -0.25) is 0 Å². The molecule has 3 nitrogen and oxygen atoms in total. The van der Waals surface area contributed by atoms with Crippen molar-refractivity contribution in [2.45, 2.75) is 0 Å². The fraction of sp³-hybridized carbons (Fsp3) is 0. The van der Waals surface area contributed by atoms with Gasteiger partial charge < -0.3 is 9.52 Å². The maximum Gasteiger partial charge on any atom is 0.328 e. The average Bonchev–Trinajstić information content (AvgIpc) is 2.68.